The van der Waals surface area contributed by atoms with Crippen molar-refractivity contribution in [3.8, 4) is 0 Å². The van der Waals surface area contributed by atoms with Gasteiger partial charge in [0.05, 0.1) is 6.54 Å². The van der Waals surface area contributed by atoms with Crippen LogP contribution in [0.15, 0.2) is 36.9 Å². The van der Waals surface area contributed by atoms with Crippen molar-refractivity contribution >= 4 is 28.8 Å². The minimum atomic E-state index is -0.347. The second kappa shape index (κ2) is 5.86. The van der Waals surface area contributed by atoms with Crippen LogP contribution in [0.2, 0.25) is 4.34 Å². The van der Waals surface area contributed by atoms with Crippen LogP contribution in [0.1, 0.15) is 27.5 Å². The summed E-state index contributed by atoms with van der Waals surface area (Å²) in [5.41, 5.74) is 2.74. The number of halogens is 2. The standard InChI is InChI=1S/C17H15ClFNOS/c1-3-14(21)20-8-12(11-7-5-4-6-10(11)2)15-13(9-20)22-17(18)16(15)19/h3-7,12H,1,8-9H2,2H3/t12-/m0/s1. The van der Waals surface area contributed by atoms with Gasteiger partial charge in [0.15, 0.2) is 5.82 Å². The molecule has 22 heavy (non-hydrogen) atoms. The first kappa shape index (κ1) is 15.3. The van der Waals surface area contributed by atoms with E-state index in [0.717, 1.165) is 16.0 Å². The van der Waals surface area contributed by atoms with Crippen molar-refractivity contribution in [2.24, 2.45) is 0 Å². The molecule has 1 aliphatic rings. The third-order valence-electron chi connectivity index (χ3n) is 4.06. The van der Waals surface area contributed by atoms with Crippen molar-refractivity contribution in [1.82, 2.24) is 4.90 Å². The number of thiophene rings is 1. The molecule has 114 valence electrons. The topological polar surface area (TPSA) is 20.3 Å². The smallest absolute Gasteiger partial charge is 0.246 e. The van der Waals surface area contributed by atoms with Gasteiger partial charge in [0.1, 0.15) is 4.34 Å². The fraction of sp³-hybridized carbons (Fsp3) is 0.235. The minimum absolute atomic E-state index is 0.144. The van der Waals surface area contributed by atoms with Gasteiger partial charge in [-0.3, -0.25) is 4.79 Å². The highest BCUT2D eigenvalue weighted by atomic mass is 35.5. The Hall–Kier alpha value is -1.65. The summed E-state index contributed by atoms with van der Waals surface area (Å²) in [5.74, 6) is -0.688. The molecule has 1 aromatic carbocycles. The molecule has 0 saturated carbocycles. The third kappa shape index (κ3) is 2.46. The van der Waals surface area contributed by atoms with Crippen LogP contribution in [0.3, 0.4) is 0 Å². The van der Waals surface area contributed by atoms with Crippen LogP contribution in [0.4, 0.5) is 4.39 Å². The van der Waals surface area contributed by atoms with E-state index in [-0.39, 0.29) is 22.0 Å². The van der Waals surface area contributed by atoms with E-state index in [0.29, 0.717) is 18.7 Å². The van der Waals surface area contributed by atoms with Gasteiger partial charge < -0.3 is 4.90 Å². The Morgan fingerprint density at radius 3 is 2.91 bits per heavy atom. The maximum atomic E-state index is 14.5. The maximum absolute atomic E-state index is 14.5. The molecule has 5 heteroatoms. The van der Waals surface area contributed by atoms with E-state index in [1.54, 1.807) is 4.90 Å². The Kier molecular flexibility index (Phi) is 4.06. The second-order valence-corrected chi connectivity index (χ2v) is 7.07. The number of nitrogens with zero attached hydrogens (tertiary/aromatic N) is 1. The van der Waals surface area contributed by atoms with Crippen LogP contribution >= 0.6 is 22.9 Å². The molecule has 0 N–H and O–H groups in total. The SMILES string of the molecule is C=CC(=O)N1Cc2sc(Cl)c(F)c2[C@H](c2ccccc2C)C1. The van der Waals surface area contributed by atoms with Crippen molar-refractivity contribution in [2.75, 3.05) is 6.54 Å². The molecule has 1 atom stereocenters. The predicted molar refractivity (Wildman–Crippen MR) is 87.9 cm³/mol. The zero-order valence-electron chi connectivity index (χ0n) is 12.1. The van der Waals surface area contributed by atoms with Gasteiger partial charge in [0, 0.05) is 22.9 Å². The lowest BCUT2D eigenvalue weighted by molar-refractivity contribution is -0.127. The maximum Gasteiger partial charge on any atom is 0.246 e. The van der Waals surface area contributed by atoms with Gasteiger partial charge in [0.25, 0.3) is 0 Å². The van der Waals surface area contributed by atoms with Crippen molar-refractivity contribution in [3.05, 3.63) is 68.6 Å². The van der Waals surface area contributed by atoms with Crippen LogP contribution in [-0.4, -0.2) is 17.4 Å². The third-order valence-corrected chi connectivity index (χ3v) is 5.41. The van der Waals surface area contributed by atoms with Gasteiger partial charge in [-0.15, -0.1) is 11.3 Å². The summed E-state index contributed by atoms with van der Waals surface area (Å²) in [4.78, 5) is 14.5. The van der Waals surface area contributed by atoms with Gasteiger partial charge in [-0.25, -0.2) is 4.39 Å². The molecule has 2 nitrogen and oxygen atoms in total. The first-order valence-corrected chi connectivity index (χ1v) is 8.15. The quantitative estimate of drug-likeness (QED) is 0.739. The molecule has 2 heterocycles. The Labute approximate surface area is 137 Å². The Morgan fingerprint density at radius 1 is 1.50 bits per heavy atom. The van der Waals surface area contributed by atoms with Gasteiger partial charge in [0.2, 0.25) is 5.91 Å². The van der Waals surface area contributed by atoms with Crippen molar-refractivity contribution < 1.29 is 9.18 Å². The summed E-state index contributed by atoms with van der Waals surface area (Å²) < 4.78 is 14.6. The van der Waals surface area contributed by atoms with Crippen LogP contribution in [-0.2, 0) is 11.3 Å². The number of rotatable bonds is 2. The van der Waals surface area contributed by atoms with Crippen LogP contribution in [0, 0.1) is 12.7 Å². The average molecular weight is 336 g/mol. The summed E-state index contributed by atoms with van der Waals surface area (Å²) in [6.45, 7) is 6.36. The van der Waals surface area contributed by atoms with Gasteiger partial charge in [-0.05, 0) is 24.1 Å². The molecule has 0 unspecified atom stereocenters. The molecule has 2 aromatic rings. The van der Waals surface area contributed by atoms with Crippen molar-refractivity contribution in [2.45, 2.75) is 19.4 Å². The number of aryl methyl sites for hydroxylation is 1. The van der Waals surface area contributed by atoms with E-state index in [1.165, 1.54) is 17.4 Å². The Balaban J connectivity index is 2.14. The van der Waals surface area contributed by atoms with E-state index in [9.17, 15) is 9.18 Å². The van der Waals surface area contributed by atoms with E-state index < -0.39 is 0 Å². The molecular formula is C17H15ClFNOS. The minimum Gasteiger partial charge on any atom is -0.333 e. The molecule has 0 bridgehead atoms. The first-order valence-electron chi connectivity index (χ1n) is 6.96. The zero-order valence-corrected chi connectivity index (χ0v) is 13.7. The largest absolute Gasteiger partial charge is 0.333 e. The normalized spacial score (nSPS) is 17.2. The first-order chi connectivity index (χ1) is 10.5. The molecule has 1 aliphatic heterocycles. The lowest BCUT2D eigenvalue weighted by Gasteiger charge is -2.33. The number of hydrogen-bond acceptors (Lipinski definition) is 2. The second-order valence-electron chi connectivity index (χ2n) is 5.36. The number of carbonyl (C=O) groups excluding carboxylic acids is 1. The monoisotopic (exact) mass is 335 g/mol. The van der Waals surface area contributed by atoms with Crippen molar-refractivity contribution in [1.29, 1.82) is 0 Å². The number of carbonyl (C=O) groups is 1. The zero-order chi connectivity index (χ0) is 15.9. The summed E-state index contributed by atoms with van der Waals surface area (Å²) in [7, 11) is 0. The van der Waals surface area contributed by atoms with Crippen LogP contribution < -0.4 is 0 Å². The van der Waals surface area contributed by atoms with Gasteiger partial charge in [-0.2, -0.15) is 0 Å². The van der Waals surface area contributed by atoms with Gasteiger partial charge in [-0.1, -0.05) is 42.4 Å². The van der Waals surface area contributed by atoms with Crippen LogP contribution in [0.5, 0.6) is 0 Å². The fourth-order valence-corrected chi connectivity index (χ4v) is 4.34. The lowest BCUT2D eigenvalue weighted by atomic mass is 9.86. The molecular weight excluding hydrogens is 321 g/mol. The fourth-order valence-electron chi connectivity index (χ4n) is 2.98. The summed E-state index contributed by atoms with van der Waals surface area (Å²) in [6, 6.07) is 7.86. The van der Waals surface area contributed by atoms with E-state index >= 15 is 0 Å². The number of benzene rings is 1. The van der Waals surface area contributed by atoms with Gasteiger partial charge >= 0.3 is 0 Å². The summed E-state index contributed by atoms with van der Waals surface area (Å²) in [5, 5.41) is 0. The van der Waals surface area contributed by atoms with Crippen LogP contribution in [0.25, 0.3) is 0 Å². The molecule has 0 radical (unpaired) electrons. The molecule has 0 aliphatic carbocycles. The molecule has 1 aromatic heterocycles. The molecule has 0 spiro atoms. The highest BCUT2D eigenvalue weighted by molar-refractivity contribution is 7.16. The highest BCUT2D eigenvalue weighted by Gasteiger charge is 2.34. The van der Waals surface area contributed by atoms with Crippen molar-refractivity contribution in [3.63, 3.8) is 0 Å². The molecule has 1 amide bonds. The average Bonchev–Trinajstić information content (AvgIpc) is 2.81. The number of fused-ring (bicyclic) bond motifs is 1. The Morgan fingerprint density at radius 2 is 2.23 bits per heavy atom. The molecule has 0 fully saturated rings. The Bertz CT molecular complexity index is 755. The molecule has 0 saturated heterocycles. The summed E-state index contributed by atoms with van der Waals surface area (Å²) >= 11 is 7.21. The van der Waals surface area contributed by atoms with E-state index in [1.807, 2.05) is 31.2 Å². The van der Waals surface area contributed by atoms with E-state index in [2.05, 4.69) is 6.58 Å². The summed E-state index contributed by atoms with van der Waals surface area (Å²) in [6.07, 6.45) is 1.30. The number of amides is 1. The predicted octanol–water partition coefficient (Wildman–Crippen LogP) is 4.51. The highest BCUT2D eigenvalue weighted by Crippen LogP contribution is 2.43. The lowest BCUT2D eigenvalue weighted by Crippen LogP contribution is -2.37. The molecule has 3 rings (SSSR count). The number of hydrogen-bond donors (Lipinski definition) is 0. The van der Waals surface area contributed by atoms with E-state index in [4.69, 9.17) is 11.6 Å².